The standard InChI is InChI=1S/C12H17N3OS/c16-12(11-2-1-7-17-11)15-5-3-14(4-6-15)10-8-13-9-10/h1-2,7,10,13H,3-6,8-9H2. The van der Waals surface area contributed by atoms with Crippen LogP contribution in [0.4, 0.5) is 0 Å². The van der Waals surface area contributed by atoms with E-state index in [2.05, 4.69) is 10.2 Å². The van der Waals surface area contributed by atoms with Crippen molar-refractivity contribution in [1.29, 1.82) is 0 Å². The number of carbonyl (C=O) groups is 1. The normalized spacial score (nSPS) is 22.5. The Balaban J connectivity index is 1.55. The average molecular weight is 251 g/mol. The monoisotopic (exact) mass is 251 g/mol. The van der Waals surface area contributed by atoms with Crippen molar-refractivity contribution in [2.75, 3.05) is 39.3 Å². The lowest BCUT2D eigenvalue weighted by atomic mass is 10.1. The molecule has 1 aromatic rings. The molecule has 0 spiro atoms. The van der Waals surface area contributed by atoms with Gasteiger partial charge >= 0.3 is 0 Å². The van der Waals surface area contributed by atoms with Crippen molar-refractivity contribution < 1.29 is 4.79 Å². The van der Waals surface area contributed by atoms with E-state index in [0.717, 1.165) is 44.1 Å². The fraction of sp³-hybridized carbons (Fsp3) is 0.583. The number of amides is 1. The Morgan fingerprint density at radius 3 is 2.59 bits per heavy atom. The predicted octanol–water partition coefficient (Wildman–Crippen LogP) is 0.478. The molecular weight excluding hydrogens is 234 g/mol. The number of piperazine rings is 1. The van der Waals surface area contributed by atoms with Gasteiger partial charge in [0, 0.05) is 45.3 Å². The van der Waals surface area contributed by atoms with Gasteiger partial charge in [-0.05, 0) is 11.4 Å². The average Bonchev–Trinajstić information content (AvgIpc) is 2.80. The minimum atomic E-state index is 0.200. The highest BCUT2D eigenvalue weighted by Crippen LogP contribution is 2.15. The van der Waals surface area contributed by atoms with Crippen LogP contribution in [0, 0.1) is 0 Å². The van der Waals surface area contributed by atoms with Crippen molar-refractivity contribution in [3.8, 4) is 0 Å². The van der Waals surface area contributed by atoms with Gasteiger partial charge in [-0.2, -0.15) is 0 Å². The maximum Gasteiger partial charge on any atom is 0.264 e. The molecule has 2 fully saturated rings. The molecule has 0 bridgehead atoms. The third kappa shape index (κ3) is 2.22. The van der Waals surface area contributed by atoms with Crippen LogP contribution in [0.25, 0.3) is 0 Å². The summed E-state index contributed by atoms with van der Waals surface area (Å²) >= 11 is 1.53. The fourth-order valence-electron chi connectivity index (χ4n) is 2.38. The van der Waals surface area contributed by atoms with Crippen LogP contribution in [0.5, 0.6) is 0 Å². The molecule has 3 rings (SSSR count). The van der Waals surface area contributed by atoms with E-state index in [0.29, 0.717) is 6.04 Å². The van der Waals surface area contributed by atoms with Crippen LogP contribution < -0.4 is 5.32 Å². The lowest BCUT2D eigenvalue weighted by Crippen LogP contribution is -2.62. The van der Waals surface area contributed by atoms with Crippen molar-refractivity contribution in [3.05, 3.63) is 22.4 Å². The van der Waals surface area contributed by atoms with E-state index >= 15 is 0 Å². The third-order valence-electron chi connectivity index (χ3n) is 3.61. The second kappa shape index (κ2) is 4.76. The summed E-state index contributed by atoms with van der Waals surface area (Å²) in [6, 6.07) is 4.55. The molecule has 92 valence electrons. The SMILES string of the molecule is O=C(c1cccs1)N1CCN(C2CNC2)CC1. The molecule has 1 amide bonds. The molecule has 3 heterocycles. The van der Waals surface area contributed by atoms with Gasteiger partial charge in [0.25, 0.3) is 5.91 Å². The van der Waals surface area contributed by atoms with E-state index in [4.69, 9.17) is 0 Å². The Kier molecular flexibility index (Phi) is 3.13. The molecule has 0 aliphatic carbocycles. The van der Waals surface area contributed by atoms with Gasteiger partial charge in [0.1, 0.15) is 0 Å². The summed E-state index contributed by atoms with van der Waals surface area (Å²) in [6.45, 7) is 5.99. The topological polar surface area (TPSA) is 35.6 Å². The van der Waals surface area contributed by atoms with E-state index in [9.17, 15) is 4.79 Å². The molecule has 1 aromatic heterocycles. The minimum absolute atomic E-state index is 0.200. The van der Waals surface area contributed by atoms with Gasteiger partial charge in [0.05, 0.1) is 4.88 Å². The first-order valence-corrected chi connectivity index (χ1v) is 7.00. The lowest BCUT2D eigenvalue weighted by molar-refractivity contribution is 0.0506. The largest absolute Gasteiger partial charge is 0.335 e. The van der Waals surface area contributed by atoms with Crippen molar-refractivity contribution in [1.82, 2.24) is 15.1 Å². The molecule has 2 aliphatic rings. The molecule has 0 aromatic carbocycles. The van der Waals surface area contributed by atoms with Crippen molar-refractivity contribution >= 4 is 17.2 Å². The van der Waals surface area contributed by atoms with Gasteiger partial charge in [-0.3, -0.25) is 9.69 Å². The van der Waals surface area contributed by atoms with Crippen molar-refractivity contribution in [3.63, 3.8) is 0 Å². The summed E-state index contributed by atoms with van der Waals surface area (Å²) in [5.74, 6) is 0.200. The lowest BCUT2D eigenvalue weighted by Gasteiger charge is -2.43. The number of rotatable bonds is 2. The number of thiophene rings is 1. The Labute approximate surface area is 105 Å². The van der Waals surface area contributed by atoms with Crippen LogP contribution in [-0.2, 0) is 0 Å². The van der Waals surface area contributed by atoms with E-state index in [1.165, 1.54) is 11.3 Å². The maximum atomic E-state index is 12.1. The van der Waals surface area contributed by atoms with Crippen molar-refractivity contribution in [2.24, 2.45) is 0 Å². The Morgan fingerprint density at radius 2 is 2.06 bits per heavy atom. The van der Waals surface area contributed by atoms with Crippen LogP contribution in [-0.4, -0.2) is 61.0 Å². The number of hydrogen-bond acceptors (Lipinski definition) is 4. The van der Waals surface area contributed by atoms with E-state index in [1.54, 1.807) is 0 Å². The first-order chi connectivity index (χ1) is 8.34. The van der Waals surface area contributed by atoms with Crippen LogP contribution >= 0.6 is 11.3 Å². The van der Waals surface area contributed by atoms with Crippen LogP contribution in [0.15, 0.2) is 17.5 Å². The number of nitrogens with one attached hydrogen (secondary N) is 1. The van der Waals surface area contributed by atoms with E-state index < -0.39 is 0 Å². The number of nitrogens with zero attached hydrogens (tertiary/aromatic N) is 2. The molecule has 0 saturated carbocycles. The quantitative estimate of drug-likeness (QED) is 0.830. The van der Waals surface area contributed by atoms with Crippen molar-refractivity contribution in [2.45, 2.75) is 6.04 Å². The smallest absolute Gasteiger partial charge is 0.264 e. The maximum absolute atomic E-state index is 12.1. The first-order valence-electron chi connectivity index (χ1n) is 6.12. The van der Waals surface area contributed by atoms with Gasteiger partial charge in [-0.1, -0.05) is 6.07 Å². The summed E-state index contributed by atoms with van der Waals surface area (Å²) in [4.78, 5) is 17.5. The summed E-state index contributed by atoms with van der Waals surface area (Å²) in [5, 5.41) is 5.26. The highest BCUT2D eigenvalue weighted by atomic mass is 32.1. The van der Waals surface area contributed by atoms with Gasteiger partial charge in [0.2, 0.25) is 0 Å². The summed E-state index contributed by atoms with van der Waals surface area (Å²) in [7, 11) is 0. The number of hydrogen-bond donors (Lipinski definition) is 1. The van der Waals surface area contributed by atoms with Crippen LogP contribution in [0.3, 0.4) is 0 Å². The molecule has 5 heteroatoms. The van der Waals surface area contributed by atoms with E-state index in [1.807, 2.05) is 22.4 Å². The van der Waals surface area contributed by atoms with Crippen LogP contribution in [0.2, 0.25) is 0 Å². The fourth-order valence-corrected chi connectivity index (χ4v) is 3.07. The molecule has 17 heavy (non-hydrogen) atoms. The molecule has 0 atom stereocenters. The Morgan fingerprint density at radius 1 is 1.29 bits per heavy atom. The molecule has 4 nitrogen and oxygen atoms in total. The second-order valence-corrected chi connectivity index (χ2v) is 5.57. The molecule has 2 saturated heterocycles. The van der Waals surface area contributed by atoms with Gasteiger partial charge in [0.15, 0.2) is 0 Å². The molecule has 0 radical (unpaired) electrons. The molecule has 1 N–H and O–H groups in total. The molecular formula is C12H17N3OS. The van der Waals surface area contributed by atoms with Gasteiger partial charge < -0.3 is 10.2 Å². The second-order valence-electron chi connectivity index (χ2n) is 4.62. The van der Waals surface area contributed by atoms with E-state index in [-0.39, 0.29) is 5.91 Å². The van der Waals surface area contributed by atoms with Gasteiger partial charge in [-0.15, -0.1) is 11.3 Å². The predicted molar refractivity (Wildman–Crippen MR) is 68.5 cm³/mol. The summed E-state index contributed by atoms with van der Waals surface area (Å²) in [6.07, 6.45) is 0. The zero-order valence-corrected chi connectivity index (χ0v) is 10.6. The van der Waals surface area contributed by atoms with Gasteiger partial charge in [-0.25, -0.2) is 0 Å². The minimum Gasteiger partial charge on any atom is -0.335 e. The Bertz CT molecular complexity index is 380. The number of carbonyl (C=O) groups excluding carboxylic acids is 1. The highest BCUT2D eigenvalue weighted by molar-refractivity contribution is 7.12. The van der Waals surface area contributed by atoms with Crippen LogP contribution in [0.1, 0.15) is 9.67 Å². The zero-order chi connectivity index (χ0) is 11.7. The Hall–Kier alpha value is -0.910. The molecule has 0 unspecified atom stereocenters. The first kappa shape index (κ1) is 11.2. The summed E-state index contributed by atoms with van der Waals surface area (Å²) in [5.41, 5.74) is 0. The summed E-state index contributed by atoms with van der Waals surface area (Å²) < 4.78 is 0. The third-order valence-corrected chi connectivity index (χ3v) is 4.47. The highest BCUT2D eigenvalue weighted by Gasteiger charge is 2.29. The molecule has 2 aliphatic heterocycles. The zero-order valence-electron chi connectivity index (χ0n) is 9.76.